The normalized spacial score (nSPS) is 14.7. The molecule has 10 rings (SSSR count). The van der Waals surface area contributed by atoms with Crippen molar-refractivity contribution in [1.29, 1.82) is 5.26 Å². The van der Waals surface area contributed by atoms with E-state index in [0.717, 1.165) is 56.9 Å². The van der Waals surface area contributed by atoms with Gasteiger partial charge in [0.25, 0.3) is 0 Å². The molecule has 2 heterocycles. The van der Waals surface area contributed by atoms with E-state index in [1.165, 1.54) is 46.9 Å². The van der Waals surface area contributed by atoms with Crippen LogP contribution in [0.1, 0.15) is 48.8 Å². The molecular weight excluding hydrogens is 601 g/mol. The van der Waals surface area contributed by atoms with Gasteiger partial charge < -0.3 is 4.42 Å². The van der Waals surface area contributed by atoms with Crippen LogP contribution in [0.25, 0.3) is 78.0 Å². The Bertz CT molecular complexity index is 2670. The van der Waals surface area contributed by atoms with Crippen molar-refractivity contribution in [1.82, 2.24) is 15.0 Å². The summed E-state index contributed by atoms with van der Waals surface area (Å²) in [4.78, 5) is 15.4. The number of fused-ring (bicyclic) bond motifs is 9. The van der Waals surface area contributed by atoms with Crippen LogP contribution in [0.2, 0.25) is 0 Å². The summed E-state index contributed by atoms with van der Waals surface area (Å²) in [6.45, 7) is 0. The third kappa shape index (κ3) is 4.34. The zero-order chi connectivity index (χ0) is 32.5. The summed E-state index contributed by atoms with van der Waals surface area (Å²) in [5.41, 5.74) is 10.2. The van der Waals surface area contributed by atoms with E-state index in [0.29, 0.717) is 23.0 Å². The van der Waals surface area contributed by atoms with Crippen LogP contribution in [-0.2, 0) is 5.41 Å². The SMILES string of the molecule is N#Cc1ccc2c(c1)-c1ccc(-c3nc(-c4ccc5ccccc5c4)nc(-c4ccc5c(c4)oc4ccccc45)n3)cc1C21CCCCC1. The molecule has 0 unspecified atom stereocenters. The molecule has 0 radical (unpaired) electrons. The Morgan fingerprint density at radius 3 is 2.02 bits per heavy atom. The zero-order valence-corrected chi connectivity index (χ0v) is 26.8. The minimum Gasteiger partial charge on any atom is -0.456 e. The maximum Gasteiger partial charge on any atom is 0.164 e. The van der Waals surface area contributed by atoms with Gasteiger partial charge in [0.2, 0.25) is 0 Å². The molecule has 0 bridgehead atoms. The lowest BCUT2D eigenvalue weighted by Gasteiger charge is -2.36. The van der Waals surface area contributed by atoms with Crippen molar-refractivity contribution in [3.05, 3.63) is 138 Å². The molecule has 8 aromatic rings. The van der Waals surface area contributed by atoms with Crippen molar-refractivity contribution >= 4 is 32.7 Å². The summed E-state index contributed by atoms with van der Waals surface area (Å²) < 4.78 is 6.26. The van der Waals surface area contributed by atoms with Crippen LogP contribution in [-0.4, -0.2) is 15.0 Å². The lowest BCUT2D eigenvalue weighted by Crippen LogP contribution is -2.28. The number of benzene rings is 6. The number of aromatic nitrogens is 3. The number of hydrogen-bond acceptors (Lipinski definition) is 5. The van der Waals surface area contributed by atoms with Gasteiger partial charge >= 0.3 is 0 Å². The van der Waals surface area contributed by atoms with Gasteiger partial charge in [-0.05, 0) is 88.3 Å². The van der Waals surface area contributed by atoms with E-state index in [2.05, 4.69) is 97.1 Å². The summed E-state index contributed by atoms with van der Waals surface area (Å²) in [5, 5.41) is 14.2. The standard InChI is InChI=1S/C44H30N4O/c45-26-27-12-19-37-36(22-27)33-17-15-31(24-38(33)44(37)20-6-1-7-21-44)42-46-41(30-14-13-28-8-2-3-9-29(28)23-30)47-43(48-42)32-16-18-35-34-10-4-5-11-39(34)49-40(35)25-32/h2-5,8-19,22-25H,1,6-7,20-21H2. The molecule has 0 saturated heterocycles. The Labute approximate surface area is 283 Å². The van der Waals surface area contributed by atoms with Crippen LogP contribution in [0.3, 0.4) is 0 Å². The van der Waals surface area contributed by atoms with Crippen LogP contribution in [0.15, 0.2) is 126 Å². The topological polar surface area (TPSA) is 75.6 Å². The maximum atomic E-state index is 9.73. The van der Waals surface area contributed by atoms with Gasteiger partial charge in [-0.25, -0.2) is 15.0 Å². The van der Waals surface area contributed by atoms with E-state index in [9.17, 15) is 5.26 Å². The fourth-order valence-electron chi connectivity index (χ4n) is 8.36. The average Bonchev–Trinajstić information content (AvgIpc) is 3.66. The summed E-state index contributed by atoms with van der Waals surface area (Å²) >= 11 is 0. The third-order valence-corrected chi connectivity index (χ3v) is 10.7. The third-order valence-electron chi connectivity index (χ3n) is 10.7. The molecule has 2 aliphatic rings. The highest BCUT2D eigenvalue weighted by molar-refractivity contribution is 6.05. The molecule has 5 heteroatoms. The Balaban J connectivity index is 1.17. The van der Waals surface area contributed by atoms with Gasteiger partial charge in [-0.15, -0.1) is 0 Å². The minimum atomic E-state index is -0.0592. The number of nitriles is 1. The lowest BCUT2D eigenvalue weighted by molar-refractivity contribution is 0.353. The first-order valence-electron chi connectivity index (χ1n) is 17.0. The van der Waals surface area contributed by atoms with Crippen LogP contribution in [0.4, 0.5) is 0 Å². The summed E-state index contributed by atoms with van der Waals surface area (Å²) in [6, 6.07) is 44.4. The molecule has 0 atom stereocenters. The second-order valence-corrected chi connectivity index (χ2v) is 13.5. The number of nitrogens with zero attached hydrogens (tertiary/aromatic N) is 4. The van der Waals surface area contributed by atoms with Crippen LogP contribution in [0.5, 0.6) is 0 Å². The Kier molecular flexibility index (Phi) is 6.10. The molecule has 0 amide bonds. The second kappa shape index (κ2) is 10.7. The van der Waals surface area contributed by atoms with Gasteiger partial charge in [-0.1, -0.05) is 98.1 Å². The van der Waals surface area contributed by atoms with Crippen molar-refractivity contribution in [2.24, 2.45) is 0 Å². The maximum absolute atomic E-state index is 9.73. The van der Waals surface area contributed by atoms with Gasteiger partial charge in [0.1, 0.15) is 11.2 Å². The Morgan fingerprint density at radius 2 is 1.20 bits per heavy atom. The van der Waals surface area contributed by atoms with Crippen molar-refractivity contribution in [3.8, 4) is 51.4 Å². The fourth-order valence-corrected chi connectivity index (χ4v) is 8.36. The number of furan rings is 1. The Morgan fingerprint density at radius 1 is 0.531 bits per heavy atom. The molecule has 0 N–H and O–H groups in total. The molecule has 6 aromatic carbocycles. The summed E-state index contributed by atoms with van der Waals surface area (Å²) in [5.74, 6) is 1.87. The van der Waals surface area contributed by atoms with Crippen molar-refractivity contribution in [3.63, 3.8) is 0 Å². The summed E-state index contributed by atoms with van der Waals surface area (Å²) in [6.07, 6.45) is 5.84. The number of rotatable bonds is 3. The van der Waals surface area contributed by atoms with E-state index < -0.39 is 0 Å². The number of para-hydroxylation sites is 1. The fraction of sp³-hybridized carbons (Fsp3) is 0.136. The van der Waals surface area contributed by atoms with E-state index in [-0.39, 0.29) is 5.41 Å². The lowest BCUT2D eigenvalue weighted by atomic mass is 9.67. The average molecular weight is 631 g/mol. The van der Waals surface area contributed by atoms with Crippen LogP contribution in [0, 0.1) is 11.3 Å². The van der Waals surface area contributed by atoms with Gasteiger partial charge in [0, 0.05) is 32.9 Å². The van der Waals surface area contributed by atoms with Crippen molar-refractivity contribution in [2.45, 2.75) is 37.5 Å². The van der Waals surface area contributed by atoms with E-state index in [4.69, 9.17) is 19.4 Å². The predicted molar refractivity (Wildman–Crippen MR) is 195 cm³/mol. The molecule has 5 nitrogen and oxygen atoms in total. The molecule has 1 fully saturated rings. The molecule has 2 aliphatic carbocycles. The quantitative estimate of drug-likeness (QED) is 0.194. The van der Waals surface area contributed by atoms with Gasteiger partial charge in [0.15, 0.2) is 17.5 Å². The smallest absolute Gasteiger partial charge is 0.164 e. The molecule has 0 aliphatic heterocycles. The largest absolute Gasteiger partial charge is 0.456 e. The first kappa shape index (κ1) is 27.9. The highest BCUT2D eigenvalue weighted by atomic mass is 16.3. The zero-order valence-electron chi connectivity index (χ0n) is 26.8. The van der Waals surface area contributed by atoms with Gasteiger partial charge in [0.05, 0.1) is 11.6 Å². The first-order valence-corrected chi connectivity index (χ1v) is 17.0. The van der Waals surface area contributed by atoms with Gasteiger partial charge in [-0.3, -0.25) is 0 Å². The van der Waals surface area contributed by atoms with E-state index in [1.807, 2.05) is 30.3 Å². The van der Waals surface area contributed by atoms with Crippen LogP contribution >= 0.6 is 0 Å². The second-order valence-electron chi connectivity index (χ2n) is 13.5. The molecule has 2 aromatic heterocycles. The first-order chi connectivity index (χ1) is 24.2. The molecule has 1 spiro atoms. The van der Waals surface area contributed by atoms with E-state index in [1.54, 1.807) is 0 Å². The summed E-state index contributed by atoms with van der Waals surface area (Å²) in [7, 11) is 0. The van der Waals surface area contributed by atoms with Crippen molar-refractivity contribution < 1.29 is 4.42 Å². The van der Waals surface area contributed by atoms with Gasteiger partial charge in [-0.2, -0.15) is 5.26 Å². The van der Waals surface area contributed by atoms with Crippen molar-refractivity contribution in [2.75, 3.05) is 0 Å². The predicted octanol–water partition coefficient (Wildman–Crippen LogP) is 11.0. The minimum absolute atomic E-state index is 0.0592. The van der Waals surface area contributed by atoms with Crippen LogP contribution < -0.4 is 0 Å². The number of hydrogen-bond donors (Lipinski definition) is 0. The molecular formula is C44H30N4O. The highest BCUT2D eigenvalue weighted by Crippen LogP contribution is 2.56. The molecule has 232 valence electrons. The Hall–Kier alpha value is -6.12. The van der Waals surface area contributed by atoms with E-state index >= 15 is 0 Å². The highest BCUT2D eigenvalue weighted by Gasteiger charge is 2.44. The molecule has 1 saturated carbocycles. The molecule has 49 heavy (non-hydrogen) atoms. The monoisotopic (exact) mass is 630 g/mol.